The molecule has 0 bridgehead atoms. The lowest BCUT2D eigenvalue weighted by atomic mass is 10.3. The molecule has 0 aromatic carbocycles. The number of esters is 1. The highest BCUT2D eigenvalue weighted by molar-refractivity contribution is 5.90. The van der Waals surface area contributed by atoms with Crippen LogP contribution in [0.4, 0.5) is 0 Å². The van der Waals surface area contributed by atoms with E-state index in [1.165, 1.54) is 13.2 Å². The van der Waals surface area contributed by atoms with E-state index in [1.54, 1.807) is 0 Å². The lowest BCUT2D eigenvalue weighted by Gasteiger charge is -1.92. The third-order valence-corrected chi connectivity index (χ3v) is 1.17. The number of hydrogen-bond acceptors (Lipinski definition) is 2. The number of rotatable bonds is 3. The number of allylic oxidation sites excluding steroid dienone is 2. The first kappa shape index (κ1) is 14.2. The predicted molar refractivity (Wildman–Crippen MR) is 56.5 cm³/mol. The molecular weight excluding hydrogens is 164 g/mol. The van der Waals surface area contributed by atoms with Crippen LogP contribution in [0.1, 0.15) is 20.3 Å². The molecule has 0 saturated heterocycles. The number of carbonyl (C=O) groups is 1. The lowest BCUT2D eigenvalue weighted by Crippen LogP contribution is -1.99. The maximum absolute atomic E-state index is 10.3. The topological polar surface area (TPSA) is 26.3 Å². The zero-order valence-corrected chi connectivity index (χ0v) is 8.67. The van der Waals surface area contributed by atoms with Crippen molar-refractivity contribution in [1.29, 1.82) is 0 Å². The fraction of sp³-hybridized carbons (Fsp3) is 0.364. The van der Waals surface area contributed by atoms with Gasteiger partial charge >= 0.3 is 5.97 Å². The van der Waals surface area contributed by atoms with Crippen molar-refractivity contribution in [3.05, 3.63) is 37.0 Å². The van der Waals surface area contributed by atoms with Gasteiger partial charge in [-0.1, -0.05) is 38.3 Å². The van der Waals surface area contributed by atoms with Gasteiger partial charge in [0.1, 0.15) is 0 Å². The third-order valence-electron chi connectivity index (χ3n) is 1.17. The molecule has 0 aliphatic carbocycles. The van der Waals surface area contributed by atoms with Gasteiger partial charge in [0.2, 0.25) is 0 Å². The molecule has 74 valence electrons. The minimum absolute atomic E-state index is 0.285. The predicted octanol–water partition coefficient (Wildman–Crippen LogP) is 2.87. The second-order valence-corrected chi connectivity index (χ2v) is 2.20. The van der Waals surface area contributed by atoms with Gasteiger partial charge in [0.05, 0.1) is 12.7 Å². The van der Waals surface area contributed by atoms with Gasteiger partial charge in [0.15, 0.2) is 0 Å². The molecule has 0 amide bonds. The Labute approximate surface area is 80.6 Å². The third kappa shape index (κ3) is 10.7. The molecule has 0 heterocycles. The normalized spacial score (nSPS) is 8.54. The van der Waals surface area contributed by atoms with Crippen LogP contribution in [0.2, 0.25) is 0 Å². The molecule has 0 aliphatic heterocycles. The maximum Gasteiger partial charge on any atom is 0.337 e. The van der Waals surface area contributed by atoms with Crippen LogP contribution in [0.5, 0.6) is 0 Å². The van der Waals surface area contributed by atoms with Crippen LogP contribution in [0.15, 0.2) is 37.0 Å². The van der Waals surface area contributed by atoms with Crippen molar-refractivity contribution in [2.24, 2.45) is 0 Å². The van der Waals surface area contributed by atoms with Gasteiger partial charge in [-0.15, -0.1) is 0 Å². The minimum Gasteiger partial charge on any atom is -0.465 e. The average Bonchev–Trinajstić information content (AvgIpc) is 2.17. The van der Waals surface area contributed by atoms with E-state index < -0.39 is 5.97 Å². The van der Waals surface area contributed by atoms with Crippen molar-refractivity contribution in [2.45, 2.75) is 20.3 Å². The van der Waals surface area contributed by atoms with Crippen LogP contribution in [0.3, 0.4) is 0 Å². The summed E-state index contributed by atoms with van der Waals surface area (Å²) in [6, 6.07) is 0. The van der Waals surface area contributed by atoms with E-state index in [1.807, 2.05) is 6.92 Å². The molecule has 0 N–H and O–H groups in total. The molecular formula is C11H18O2. The SMILES string of the molecule is C/C=C/CC.C=CC(=C)C(=O)OC. The van der Waals surface area contributed by atoms with Crippen LogP contribution >= 0.6 is 0 Å². The van der Waals surface area contributed by atoms with Crippen LogP contribution < -0.4 is 0 Å². The van der Waals surface area contributed by atoms with Crippen molar-refractivity contribution in [3.8, 4) is 0 Å². The Morgan fingerprint density at radius 2 is 2.08 bits per heavy atom. The number of ether oxygens (including phenoxy) is 1. The van der Waals surface area contributed by atoms with E-state index in [9.17, 15) is 4.79 Å². The molecule has 0 aliphatic rings. The molecule has 0 atom stereocenters. The average molecular weight is 182 g/mol. The number of methoxy groups -OCH3 is 1. The summed E-state index contributed by atoms with van der Waals surface area (Å²) < 4.78 is 4.29. The summed E-state index contributed by atoms with van der Waals surface area (Å²) in [5.74, 6) is -0.431. The van der Waals surface area contributed by atoms with Crippen LogP contribution in [0.25, 0.3) is 0 Å². The van der Waals surface area contributed by atoms with Gasteiger partial charge in [-0.05, 0) is 13.3 Å². The van der Waals surface area contributed by atoms with Crippen LogP contribution in [-0.4, -0.2) is 13.1 Å². The molecule has 0 saturated carbocycles. The molecule has 0 fully saturated rings. The fourth-order valence-corrected chi connectivity index (χ4v) is 0.450. The highest BCUT2D eigenvalue weighted by Crippen LogP contribution is 1.91. The van der Waals surface area contributed by atoms with Crippen molar-refractivity contribution < 1.29 is 9.53 Å². The lowest BCUT2D eigenvalue weighted by molar-refractivity contribution is -0.135. The summed E-state index contributed by atoms with van der Waals surface area (Å²) in [6.45, 7) is 10.8. The summed E-state index contributed by atoms with van der Waals surface area (Å²) >= 11 is 0. The largest absolute Gasteiger partial charge is 0.465 e. The fourth-order valence-electron chi connectivity index (χ4n) is 0.450. The summed E-state index contributed by atoms with van der Waals surface area (Å²) in [6.07, 6.45) is 6.70. The van der Waals surface area contributed by atoms with Gasteiger partial charge in [-0.2, -0.15) is 0 Å². The molecule has 2 nitrogen and oxygen atoms in total. The van der Waals surface area contributed by atoms with E-state index in [2.05, 4.69) is 37.0 Å². The molecule has 0 spiro atoms. The second-order valence-electron chi connectivity index (χ2n) is 2.20. The molecule has 0 radical (unpaired) electrons. The Bertz CT molecular complexity index is 190. The molecule has 0 rings (SSSR count). The molecule has 0 aromatic rings. The van der Waals surface area contributed by atoms with Gasteiger partial charge in [-0.25, -0.2) is 4.79 Å². The number of carbonyl (C=O) groups excluding carboxylic acids is 1. The molecule has 13 heavy (non-hydrogen) atoms. The van der Waals surface area contributed by atoms with E-state index in [-0.39, 0.29) is 5.57 Å². The summed E-state index contributed by atoms with van der Waals surface area (Å²) in [7, 11) is 1.30. The van der Waals surface area contributed by atoms with Gasteiger partial charge in [0, 0.05) is 0 Å². The van der Waals surface area contributed by atoms with Gasteiger partial charge < -0.3 is 4.74 Å². The first-order valence-corrected chi connectivity index (χ1v) is 4.14. The maximum atomic E-state index is 10.3. The van der Waals surface area contributed by atoms with Gasteiger partial charge in [-0.3, -0.25) is 0 Å². The van der Waals surface area contributed by atoms with Gasteiger partial charge in [0.25, 0.3) is 0 Å². The number of hydrogen-bond donors (Lipinski definition) is 0. The summed E-state index contributed by atoms with van der Waals surface area (Å²) in [4.78, 5) is 10.3. The summed E-state index contributed by atoms with van der Waals surface area (Å²) in [5, 5.41) is 0. The molecule has 0 aromatic heterocycles. The Morgan fingerprint density at radius 3 is 2.15 bits per heavy atom. The Hall–Kier alpha value is -1.31. The Kier molecular flexibility index (Phi) is 11.7. The summed E-state index contributed by atoms with van der Waals surface area (Å²) in [5.41, 5.74) is 0.285. The second kappa shape index (κ2) is 10.7. The Morgan fingerprint density at radius 1 is 1.54 bits per heavy atom. The van der Waals surface area contributed by atoms with Crippen molar-refractivity contribution in [1.82, 2.24) is 0 Å². The molecule has 2 heteroatoms. The van der Waals surface area contributed by atoms with Crippen LogP contribution in [-0.2, 0) is 9.53 Å². The standard InChI is InChI=1S/C6H8O2.C5H10/c1-4-5(2)6(7)8-3;1-3-5-4-2/h4H,1-2H2,3H3;3,5H,4H2,1-2H3/b;5-3+. The van der Waals surface area contributed by atoms with Crippen molar-refractivity contribution in [3.63, 3.8) is 0 Å². The quantitative estimate of drug-likeness (QED) is 0.290. The van der Waals surface area contributed by atoms with Crippen molar-refractivity contribution in [2.75, 3.05) is 7.11 Å². The first-order valence-electron chi connectivity index (χ1n) is 4.14. The van der Waals surface area contributed by atoms with E-state index in [0.717, 1.165) is 6.42 Å². The monoisotopic (exact) mass is 182 g/mol. The minimum atomic E-state index is -0.431. The van der Waals surface area contributed by atoms with E-state index in [4.69, 9.17) is 0 Å². The highest BCUT2D eigenvalue weighted by atomic mass is 16.5. The zero-order chi connectivity index (χ0) is 10.7. The highest BCUT2D eigenvalue weighted by Gasteiger charge is 1.98. The zero-order valence-electron chi connectivity index (χ0n) is 8.67. The Balaban J connectivity index is 0. The first-order chi connectivity index (χ1) is 6.13. The smallest absolute Gasteiger partial charge is 0.337 e. The van der Waals surface area contributed by atoms with E-state index in [0.29, 0.717) is 0 Å². The van der Waals surface area contributed by atoms with E-state index >= 15 is 0 Å². The molecule has 0 unspecified atom stereocenters. The van der Waals surface area contributed by atoms with Crippen molar-refractivity contribution >= 4 is 5.97 Å². The van der Waals surface area contributed by atoms with Crippen LogP contribution in [0, 0.1) is 0 Å².